The van der Waals surface area contributed by atoms with Gasteiger partial charge in [0.1, 0.15) is 0 Å². The van der Waals surface area contributed by atoms with Crippen LogP contribution >= 0.6 is 23.2 Å². The van der Waals surface area contributed by atoms with E-state index in [-0.39, 0.29) is 5.95 Å². The number of aromatic amines is 1. The molecule has 1 aromatic carbocycles. The Morgan fingerprint density at radius 1 is 1.28 bits per heavy atom. The molecule has 0 aliphatic heterocycles. The summed E-state index contributed by atoms with van der Waals surface area (Å²) in [5.41, 5.74) is 7.23. The number of H-pyrrole nitrogens is 1. The predicted octanol–water partition coefficient (Wildman–Crippen LogP) is 3.31. The Kier molecular flexibility index (Phi) is 2.80. The third kappa shape index (κ3) is 2.23. The molecule has 0 radical (unpaired) electrons. The molecule has 1 aliphatic rings. The lowest BCUT2D eigenvalue weighted by atomic mass is 10.1. The van der Waals surface area contributed by atoms with Gasteiger partial charge in [-0.2, -0.15) is 4.98 Å². The minimum atomic E-state index is 0.254. The van der Waals surface area contributed by atoms with E-state index in [0.29, 0.717) is 21.9 Å². The van der Waals surface area contributed by atoms with Gasteiger partial charge in [0, 0.05) is 15.7 Å². The zero-order valence-electron chi connectivity index (χ0n) is 9.37. The zero-order chi connectivity index (χ0) is 12.7. The Labute approximate surface area is 114 Å². The van der Waals surface area contributed by atoms with Gasteiger partial charge in [0.05, 0.1) is 0 Å². The first kappa shape index (κ1) is 11.6. The Morgan fingerprint density at radius 2 is 1.94 bits per heavy atom. The summed E-state index contributed by atoms with van der Waals surface area (Å²) in [7, 11) is 0. The first-order valence-electron chi connectivity index (χ1n) is 5.57. The summed E-state index contributed by atoms with van der Waals surface area (Å²) in [6.45, 7) is 0. The van der Waals surface area contributed by atoms with Crippen LogP contribution in [0.25, 0.3) is 0 Å². The molecule has 94 valence electrons. The van der Waals surface area contributed by atoms with E-state index in [2.05, 4.69) is 20.5 Å². The fraction of sp³-hybridized carbons (Fsp3) is 0.273. The van der Waals surface area contributed by atoms with E-state index < -0.39 is 0 Å². The molecule has 18 heavy (non-hydrogen) atoms. The maximum Gasteiger partial charge on any atom is 0.248 e. The largest absolute Gasteiger partial charge is 0.368 e. The van der Waals surface area contributed by atoms with Gasteiger partial charge in [-0.3, -0.25) is 0 Å². The van der Waals surface area contributed by atoms with E-state index in [1.54, 1.807) is 0 Å². The highest BCUT2D eigenvalue weighted by Crippen LogP contribution is 2.47. The normalized spacial score (nSPS) is 14.8. The van der Waals surface area contributed by atoms with Gasteiger partial charge < -0.3 is 11.1 Å². The van der Waals surface area contributed by atoms with E-state index in [9.17, 15) is 0 Å². The highest BCUT2D eigenvalue weighted by atomic mass is 35.5. The van der Waals surface area contributed by atoms with E-state index in [1.165, 1.54) is 0 Å². The van der Waals surface area contributed by atoms with Crippen LogP contribution in [0.2, 0.25) is 10.0 Å². The number of halogens is 2. The molecule has 1 fully saturated rings. The summed E-state index contributed by atoms with van der Waals surface area (Å²) < 4.78 is 0. The maximum atomic E-state index is 6.24. The van der Waals surface area contributed by atoms with Gasteiger partial charge in [-0.25, -0.2) is 5.10 Å². The highest BCUT2D eigenvalue weighted by Gasteiger charge is 2.28. The van der Waals surface area contributed by atoms with Crippen LogP contribution in [0.4, 0.5) is 17.6 Å². The van der Waals surface area contributed by atoms with Crippen molar-refractivity contribution in [2.75, 3.05) is 11.1 Å². The molecule has 7 heteroatoms. The van der Waals surface area contributed by atoms with E-state index in [1.807, 2.05) is 12.1 Å². The Morgan fingerprint density at radius 3 is 2.44 bits per heavy atom. The molecule has 0 spiro atoms. The van der Waals surface area contributed by atoms with Gasteiger partial charge in [-0.15, -0.1) is 5.10 Å². The lowest BCUT2D eigenvalue weighted by molar-refractivity contribution is 1.10. The second-order valence-electron chi connectivity index (χ2n) is 4.30. The summed E-state index contributed by atoms with van der Waals surface area (Å²) in [5, 5.41) is 10.8. The van der Waals surface area contributed by atoms with E-state index in [4.69, 9.17) is 28.9 Å². The molecular formula is C11H11Cl2N5. The second-order valence-corrected chi connectivity index (χ2v) is 5.11. The molecule has 0 unspecified atom stereocenters. The van der Waals surface area contributed by atoms with Crippen molar-refractivity contribution in [1.82, 2.24) is 15.2 Å². The van der Waals surface area contributed by atoms with E-state index >= 15 is 0 Å². The fourth-order valence-electron chi connectivity index (χ4n) is 1.88. The molecule has 0 atom stereocenters. The highest BCUT2D eigenvalue weighted by molar-refractivity contribution is 6.36. The van der Waals surface area contributed by atoms with Crippen LogP contribution in [0.15, 0.2) is 12.1 Å². The molecule has 1 saturated carbocycles. The topological polar surface area (TPSA) is 79.6 Å². The standard InChI is InChI=1S/C11H11Cl2N5/c12-7-3-6(15-11-16-10(14)17-18-11)4-8(13)9(7)5-1-2-5/h3-5H,1-2H2,(H4,14,15,16,17,18). The second kappa shape index (κ2) is 4.33. The van der Waals surface area contributed by atoms with Crippen molar-refractivity contribution < 1.29 is 0 Å². The van der Waals surface area contributed by atoms with Crippen LogP contribution in [-0.4, -0.2) is 15.2 Å². The molecule has 0 amide bonds. The van der Waals surface area contributed by atoms with Crippen LogP contribution in [0.1, 0.15) is 24.3 Å². The van der Waals surface area contributed by atoms with E-state index in [0.717, 1.165) is 24.1 Å². The third-order valence-electron chi connectivity index (χ3n) is 2.82. The Balaban J connectivity index is 1.89. The third-order valence-corrected chi connectivity index (χ3v) is 3.45. The smallest absolute Gasteiger partial charge is 0.248 e. The first-order valence-corrected chi connectivity index (χ1v) is 6.33. The number of nitrogens with zero attached hydrogens (tertiary/aromatic N) is 2. The zero-order valence-corrected chi connectivity index (χ0v) is 10.9. The lowest BCUT2D eigenvalue weighted by Gasteiger charge is -2.09. The summed E-state index contributed by atoms with van der Waals surface area (Å²) in [5.74, 6) is 1.15. The molecule has 0 bridgehead atoms. The van der Waals surface area contributed by atoms with Crippen LogP contribution in [-0.2, 0) is 0 Å². The summed E-state index contributed by atoms with van der Waals surface area (Å²) in [6, 6.07) is 3.65. The van der Waals surface area contributed by atoms with Crippen LogP contribution in [0, 0.1) is 0 Å². The van der Waals surface area contributed by atoms with Crippen LogP contribution in [0.3, 0.4) is 0 Å². The molecule has 1 aromatic heterocycles. The average molecular weight is 284 g/mol. The number of nitrogen functional groups attached to an aromatic ring is 1. The molecule has 3 rings (SSSR count). The molecular weight excluding hydrogens is 273 g/mol. The maximum absolute atomic E-state index is 6.24. The van der Waals surface area contributed by atoms with Gasteiger partial charge >= 0.3 is 0 Å². The number of hydrogen-bond acceptors (Lipinski definition) is 4. The number of anilines is 3. The Hall–Kier alpha value is -1.46. The number of aromatic nitrogens is 3. The molecule has 4 N–H and O–H groups in total. The number of nitrogens with one attached hydrogen (secondary N) is 2. The van der Waals surface area contributed by atoms with Crippen molar-refractivity contribution in [3.63, 3.8) is 0 Å². The molecule has 5 nitrogen and oxygen atoms in total. The summed E-state index contributed by atoms with van der Waals surface area (Å²) in [6.07, 6.45) is 2.31. The van der Waals surface area contributed by atoms with Crippen molar-refractivity contribution in [2.24, 2.45) is 0 Å². The van der Waals surface area contributed by atoms with Gasteiger partial charge in [-0.1, -0.05) is 23.2 Å². The average Bonchev–Trinajstić information content (AvgIpc) is 3.02. The van der Waals surface area contributed by atoms with Gasteiger partial charge in [0.15, 0.2) is 0 Å². The van der Waals surface area contributed by atoms with Crippen molar-refractivity contribution in [3.8, 4) is 0 Å². The number of benzene rings is 1. The lowest BCUT2D eigenvalue weighted by Crippen LogP contribution is -1.95. The van der Waals surface area contributed by atoms with Gasteiger partial charge in [-0.05, 0) is 36.5 Å². The van der Waals surface area contributed by atoms with Gasteiger partial charge in [0.25, 0.3) is 0 Å². The SMILES string of the molecule is Nc1nc(Nc2cc(Cl)c(C3CC3)c(Cl)c2)n[nH]1. The minimum absolute atomic E-state index is 0.254. The van der Waals surface area contributed by atoms with Crippen molar-refractivity contribution in [3.05, 3.63) is 27.7 Å². The van der Waals surface area contributed by atoms with Crippen LogP contribution in [0.5, 0.6) is 0 Å². The number of hydrogen-bond donors (Lipinski definition) is 3. The van der Waals surface area contributed by atoms with Crippen molar-refractivity contribution in [2.45, 2.75) is 18.8 Å². The fourth-order valence-corrected chi connectivity index (χ4v) is 2.67. The monoisotopic (exact) mass is 283 g/mol. The van der Waals surface area contributed by atoms with Gasteiger partial charge in [0.2, 0.25) is 11.9 Å². The Bertz CT molecular complexity index is 568. The minimum Gasteiger partial charge on any atom is -0.368 e. The first-order chi connectivity index (χ1) is 8.63. The quantitative estimate of drug-likeness (QED) is 0.807. The van der Waals surface area contributed by atoms with Crippen LogP contribution < -0.4 is 11.1 Å². The summed E-state index contributed by atoms with van der Waals surface area (Å²) >= 11 is 12.5. The predicted molar refractivity (Wildman–Crippen MR) is 72.5 cm³/mol. The molecule has 1 aliphatic carbocycles. The molecule has 2 aromatic rings. The number of nitrogens with two attached hydrogens (primary N) is 1. The van der Waals surface area contributed by atoms with Crippen molar-refractivity contribution in [1.29, 1.82) is 0 Å². The molecule has 0 saturated heterocycles. The molecule has 1 heterocycles. The summed E-state index contributed by atoms with van der Waals surface area (Å²) in [4.78, 5) is 3.95. The number of rotatable bonds is 3. The van der Waals surface area contributed by atoms with Crippen molar-refractivity contribution >= 4 is 40.8 Å².